The molecule has 114 valence electrons. The molecule has 2 atom stereocenters. The Kier molecular flexibility index (Phi) is 6.39. The maximum atomic E-state index is 11.9. The third-order valence-corrected chi connectivity index (χ3v) is 2.97. The maximum absolute atomic E-state index is 11.9. The lowest BCUT2D eigenvalue weighted by Crippen LogP contribution is -2.50. The van der Waals surface area contributed by atoms with Crippen molar-refractivity contribution < 1.29 is 19.5 Å². The molecule has 2 amide bonds. The fourth-order valence-electron chi connectivity index (χ4n) is 1.78. The monoisotopic (exact) mass is 292 g/mol. The number of hydrogen-bond acceptors (Lipinski definition) is 3. The van der Waals surface area contributed by atoms with Gasteiger partial charge >= 0.3 is 5.97 Å². The predicted molar refractivity (Wildman–Crippen MR) is 77.8 cm³/mol. The van der Waals surface area contributed by atoms with Gasteiger partial charge in [-0.05, 0) is 25.5 Å². The van der Waals surface area contributed by atoms with Crippen molar-refractivity contribution in [2.24, 2.45) is 0 Å². The summed E-state index contributed by atoms with van der Waals surface area (Å²) in [7, 11) is 0. The van der Waals surface area contributed by atoms with Crippen LogP contribution in [-0.2, 0) is 9.59 Å². The van der Waals surface area contributed by atoms with E-state index in [4.69, 9.17) is 5.11 Å². The molecule has 6 heteroatoms. The quantitative estimate of drug-likeness (QED) is 0.703. The zero-order valence-electron chi connectivity index (χ0n) is 12.1. The first-order valence-electron chi connectivity index (χ1n) is 6.84. The van der Waals surface area contributed by atoms with Crippen LogP contribution in [0.3, 0.4) is 0 Å². The van der Waals surface area contributed by atoms with E-state index in [1.54, 1.807) is 30.3 Å². The summed E-state index contributed by atoms with van der Waals surface area (Å²) in [6.07, 6.45) is 0.989. The van der Waals surface area contributed by atoms with Gasteiger partial charge < -0.3 is 15.7 Å². The van der Waals surface area contributed by atoms with Gasteiger partial charge in [-0.2, -0.15) is 0 Å². The molecule has 0 aromatic heterocycles. The fourth-order valence-corrected chi connectivity index (χ4v) is 1.78. The number of rotatable bonds is 7. The minimum absolute atomic E-state index is 0.348. The average molecular weight is 292 g/mol. The molecule has 6 nitrogen and oxygen atoms in total. The summed E-state index contributed by atoms with van der Waals surface area (Å²) in [6, 6.07) is 6.77. The number of carbonyl (C=O) groups excluding carboxylic acids is 2. The Bertz CT molecular complexity index is 502. The summed E-state index contributed by atoms with van der Waals surface area (Å²) in [5.74, 6) is -1.97. The first-order chi connectivity index (χ1) is 9.95. The van der Waals surface area contributed by atoms with Crippen LogP contribution in [-0.4, -0.2) is 35.0 Å². The van der Waals surface area contributed by atoms with Crippen molar-refractivity contribution >= 4 is 17.8 Å². The van der Waals surface area contributed by atoms with Gasteiger partial charge in [0.2, 0.25) is 5.91 Å². The van der Waals surface area contributed by atoms with Crippen LogP contribution in [0.5, 0.6) is 0 Å². The van der Waals surface area contributed by atoms with E-state index < -0.39 is 24.0 Å². The van der Waals surface area contributed by atoms with Crippen molar-refractivity contribution in [1.29, 1.82) is 0 Å². The third-order valence-electron chi connectivity index (χ3n) is 2.97. The second-order valence-corrected chi connectivity index (χ2v) is 4.75. The maximum Gasteiger partial charge on any atom is 0.326 e. The SMILES string of the molecule is CCCC(NC(=O)C(C)NC(=O)c1ccccc1)C(=O)O. The van der Waals surface area contributed by atoms with Crippen LogP contribution in [0, 0.1) is 0 Å². The Balaban J connectivity index is 2.58. The van der Waals surface area contributed by atoms with E-state index in [-0.39, 0.29) is 5.91 Å². The van der Waals surface area contributed by atoms with E-state index in [2.05, 4.69) is 10.6 Å². The molecular weight excluding hydrogens is 272 g/mol. The summed E-state index contributed by atoms with van der Waals surface area (Å²) >= 11 is 0. The van der Waals surface area contributed by atoms with Crippen LogP contribution in [0.1, 0.15) is 37.0 Å². The van der Waals surface area contributed by atoms with Crippen molar-refractivity contribution in [2.75, 3.05) is 0 Å². The van der Waals surface area contributed by atoms with E-state index in [0.29, 0.717) is 18.4 Å². The molecule has 0 fully saturated rings. The number of benzene rings is 1. The molecule has 0 bridgehead atoms. The number of hydrogen-bond donors (Lipinski definition) is 3. The summed E-state index contributed by atoms with van der Waals surface area (Å²) in [5, 5.41) is 14.0. The molecule has 0 aliphatic heterocycles. The molecule has 1 rings (SSSR count). The molecule has 3 N–H and O–H groups in total. The molecule has 1 aromatic carbocycles. The number of carboxylic acids is 1. The second-order valence-electron chi connectivity index (χ2n) is 4.75. The number of amides is 2. The first-order valence-corrected chi connectivity index (χ1v) is 6.84. The molecule has 0 aliphatic carbocycles. The average Bonchev–Trinajstić information content (AvgIpc) is 2.47. The Morgan fingerprint density at radius 2 is 1.76 bits per heavy atom. The molecule has 0 saturated carbocycles. The summed E-state index contributed by atoms with van der Waals surface area (Å²) in [4.78, 5) is 34.8. The Morgan fingerprint density at radius 3 is 2.29 bits per heavy atom. The highest BCUT2D eigenvalue weighted by atomic mass is 16.4. The minimum atomic E-state index is -1.08. The highest BCUT2D eigenvalue weighted by Gasteiger charge is 2.23. The number of aliphatic carboxylic acids is 1. The van der Waals surface area contributed by atoms with Crippen LogP contribution in [0.25, 0.3) is 0 Å². The normalized spacial score (nSPS) is 13.0. The number of nitrogens with one attached hydrogen (secondary N) is 2. The van der Waals surface area contributed by atoms with Crippen LogP contribution >= 0.6 is 0 Å². The van der Waals surface area contributed by atoms with Gasteiger partial charge in [-0.25, -0.2) is 4.79 Å². The molecule has 21 heavy (non-hydrogen) atoms. The van der Waals surface area contributed by atoms with Crippen molar-refractivity contribution in [3.63, 3.8) is 0 Å². The van der Waals surface area contributed by atoms with Gasteiger partial charge in [-0.1, -0.05) is 31.5 Å². The fraction of sp³-hybridized carbons (Fsp3) is 0.400. The highest BCUT2D eigenvalue weighted by molar-refractivity contribution is 5.97. The number of carboxylic acid groups (broad SMARTS) is 1. The molecule has 0 heterocycles. The van der Waals surface area contributed by atoms with Crippen molar-refractivity contribution in [3.05, 3.63) is 35.9 Å². The lowest BCUT2D eigenvalue weighted by Gasteiger charge is -2.18. The molecule has 0 radical (unpaired) electrons. The molecule has 2 unspecified atom stereocenters. The molecule has 0 spiro atoms. The molecule has 0 saturated heterocycles. The largest absolute Gasteiger partial charge is 0.480 e. The van der Waals surface area contributed by atoms with Crippen LogP contribution in [0.4, 0.5) is 0 Å². The van der Waals surface area contributed by atoms with Crippen molar-refractivity contribution in [2.45, 2.75) is 38.8 Å². The zero-order valence-corrected chi connectivity index (χ0v) is 12.1. The highest BCUT2D eigenvalue weighted by Crippen LogP contribution is 2.00. The van der Waals surface area contributed by atoms with Crippen LogP contribution in [0.15, 0.2) is 30.3 Å². The first kappa shape index (κ1) is 16.7. The van der Waals surface area contributed by atoms with E-state index in [0.717, 1.165) is 0 Å². The van der Waals surface area contributed by atoms with E-state index in [1.807, 2.05) is 6.92 Å². The predicted octanol–water partition coefficient (Wildman–Crippen LogP) is 1.17. The molecule has 1 aromatic rings. The van der Waals surface area contributed by atoms with Crippen LogP contribution in [0.2, 0.25) is 0 Å². The van der Waals surface area contributed by atoms with Gasteiger partial charge in [0, 0.05) is 5.56 Å². The van der Waals surface area contributed by atoms with Gasteiger partial charge in [0.25, 0.3) is 5.91 Å². The zero-order chi connectivity index (χ0) is 15.8. The topological polar surface area (TPSA) is 95.5 Å². The molecular formula is C15H20N2O4. The minimum Gasteiger partial charge on any atom is -0.480 e. The van der Waals surface area contributed by atoms with E-state index in [1.165, 1.54) is 6.92 Å². The summed E-state index contributed by atoms with van der Waals surface area (Å²) in [5.41, 5.74) is 0.445. The summed E-state index contributed by atoms with van der Waals surface area (Å²) in [6.45, 7) is 3.35. The van der Waals surface area contributed by atoms with Gasteiger partial charge in [0.1, 0.15) is 12.1 Å². The van der Waals surface area contributed by atoms with Gasteiger partial charge in [-0.3, -0.25) is 9.59 Å². The van der Waals surface area contributed by atoms with Gasteiger partial charge in [0.15, 0.2) is 0 Å². The Morgan fingerprint density at radius 1 is 1.14 bits per heavy atom. The van der Waals surface area contributed by atoms with Crippen molar-refractivity contribution in [1.82, 2.24) is 10.6 Å². The third kappa shape index (κ3) is 5.25. The smallest absolute Gasteiger partial charge is 0.326 e. The van der Waals surface area contributed by atoms with E-state index in [9.17, 15) is 14.4 Å². The Labute approximate surface area is 123 Å². The lowest BCUT2D eigenvalue weighted by atomic mass is 10.1. The second kappa shape index (κ2) is 8.04. The van der Waals surface area contributed by atoms with Crippen LogP contribution < -0.4 is 10.6 Å². The number of carbonyl (C=O) groups is 3. The van der Waals surface area contributed by atoms with Gasteiger partial charge in [0.05, 0.1) is 0 Å². The Hall–Kier alpha value is -2.37. The van der Waals surface area contributed by atoms with Crippen molar-refractivity contribution in [3.8, 4) is 0 Å². The standard InChI is InChI=1S/C15H20N2O4/c1-3-7-12(15(20)21)17-13(18)10(2)16-14(19)11-8-5-4-6-9-11/h4-6,8-10,12H,3,7H2,1-2H3,(H,16,19)(H,17,18)(H,20,21). The van der Waals surface area contributed by atoms with E-state index >= 15 is 0 Å². The van der Waals surface area contributed by atoms with Gasteiger partial charge in [-0.15, -0.1) is 0 Å². The molecule has 0 aliphatic rings. The summed E-state index contributed by atoms with van der Waals surface area (Å²) < 4.78 is 0. The lowest BCUT2D eigenvalue weighted by molar-refractivity contribution is -0.142.